The van der Waals surface area contributed by atoms with Gasteiger partial charge in [0.05, 0.1) is 0 Å². The first-order valence-corrected chi connectivity index (χ1v) is 5.77. The quantitative estimate of drug-likeness (QED) is 0.542. The molecule has 0 aliphatic heterocycles. The van der Waals surface area contributed by atoms with E-state index in [1.807, 2.05) is 0 Å². The molecule has 1 atom stereocenters. The van der Waals surface area contributed by atoms with Gasteiger partial charge in [-0.25, -0.2) is 0 Å². The molecule has 0 bridgehead atoms. The summed E-state index contributed by atoms with van der Waals surface area (Å²) >= 11 is 0. The lowest BCUT2D eigenvalue weighted by atomic mass is 10.1. The van der Waals surface area contributed by atoms with Gasteiger partial charge in [0.25, 0.3) is 0 Å². The second-order valence-electron chi connectivity index (χ2n) is 3.79. The Morgan fingerprint density at radius 2 is 1.77 bits per heavy atom. The number of nitrogens with one attached hydrogen (secondary N) is 1. The average molecular weight is 186 g/mol. The van der Waals surface area contributed by atoms with Gasteiger partial charge in [-0.1, -0.05) is 39.5 Å². The van der Waals surface area contributed by atoms with Crippen molar-refractivity contribution >= 4 is 0 Å². The second-order valence-corrected chi connectivity index (χ2v) is 3.79. The molecule has 0 rings (SSSR count). The molecule has 0 aliphatic rings. The predicted octanol–water partition coefficient (Wildman–Crippen LogP) is 2.28. The van der Waals surface area contributed by atoms with Crippen LogP contribution in [-0.4, -0.2) is 19.1 Å². The Morgan fingerprint density at radius 3 is 2.38 bits per heavy atom. The molecule has 0 spiro atoms. The van der Waals surface area contributed by atoms with Crippen molar-refractivity contribution in [1.82, 2.24) is 5.32 Å². The van der Waals surface area contributed by atoms with Crippen molar-refractivity contribution in [3.8, 4) is 0 Å². The highest BCUT2D eigenvalue weighted by Crippen LogP contribution is 2.00. The van der Waals surface area contributed by atoms with Gasteiger partial charge in [-0.3, -0.25) is 0 Å². The van der Waals surface area contributed by atoms with Gasteiger partial charge >= 0.3 is 0 Å². The molecule has 0 saturated heterocycles. The molecule has 2 heteroatoms. The van der Waals surface area contributed by atoms with Crippen LogP contribution in [0.5, 0.6) is 0 Å². The zero-order chi connectivity index (χ0) is 9.94. The maximum Gasteiger partial charge on any atom is 0.0162 e. The highest BCUT2D eigenvalue weighted by Gasteiger charge is 1.96. The van der Waals surface area contributed by atoms with E-state index in [4.69, 9.17) is 5.73 Å². The first kappa shape index (κ1) is 12.9. The molecule has 0 heterocycles. The van der Waals surface area contributed by atoms with Crippen LogP contribution in [0.3, 0.4) is 0 Å². The van der Waals surface area contributed by atoms with Crippen molar-refractivity contribution in [2.45, 2.75) is 58.4 Å². The minimum Gasteiger partial charge on any atom is -0.327 e. The van der Waals surface area contributed by atoms with E-state index in [0.717, 1.165) is 19.5 Å². The van der Waals surface area contributed by atoms with Gasteiger partial charge in [-0.05, 0) is 19.4 Å². The van der Waals surface area contributed by atoms with Crippen LogP contribution in [0.1, 0.15) is 52.4 Å². The number of hydrogen-bond donors (Lipinski definition) is 2. The molecule has 0 aromatic heterocycles. The summed E-state index contributed by atoms with van der Waals surface area (Å²) in [6.45, 7) is 6.49. The topological polar surface area (TPSA) is 38.0 Å². The molecule has 0 aromatic carbocycles. The standard InChI is InChI=1S/C11H26N2/c1-3-5-6-7-8-9-13-10-11(12)4-2/h11,13H,3-10,12H2,1-2H3. The predicted molar refractivity (Wildman–Crippen MR) is 59.9 cm³/mol. The first-order valence-electron chi connectivity index (χ1n) is 5.77. The molecule has 2 nitrogen and oxygen atoms in total. The van der Waals surface area contributed by atoms with Crippen molar-refractivity contribution in [1.29, 1.82) is 0 Å². The highest BCUT2D eigenvalue weighted by molar-refractivity contribution is 4.61. The maximum absolute atomic E-state index is 5.77. The lowest BCUT2D eigenvalue weighted by Gasteiger charge is -2.09. The number of hydrogen-bond acceptors (Lipinski definition) is 2. The Morgan fingerprint density at radius 1 is 1.08 bits per heavy atom. The molecule has 0 fully saturated rings. The summed E-state index contributed by atoms with van der Waals surface area (Å²) in [7, 11) is 0. The van der Waals surface area contributed by atoms with E-state index in [0.29, 0.717) is 6.04 Å². The van der Waals surface area contributed by atoms with Crippen LogP contribution in [0.15, 0.2) is 0 Å². The monoisotopic (exact) mass is 186 g/mol. The normalized spacial score (nSPS) is 13.2. The third kappa shape index (κ3) is 9.84. The molecule has 1 unspecified atom stereocenters. The molecule has 80 valence electrons. The van der Waals surface area contributed by atoms with Crippen LogP contribution >= 0.6 is 0 Å². The van der Waals surface area contributed by atoms with Crippen LogP contribution in [0.4, 0.5) is 0 Å². The van der Waals surface area contributed by atoms with Crippen LogP contribution < -0.4 is 11.1 Å². The SMILES string of the molecule is CCCCCCCNCC(N)CC. The molecule has 13 heavy (non-hydrogen) atoms. The fourth-order valence-corrected chi connectivity index (χ4v) is 1.29. The minimum atomic E-state index is 0.343. The van der Waals surface area contributed by atoms with E-state index in [-0.39, 0.29) is 0 Å². The van der Waals surface area contributed by atoms with E-state index >= 15 is 0 Å². The van der Waals surface area contributed by atoms with E-state index in [2.05, 4.69) is 19.2 Å². The van der Waals surface area contributed by atoms with Gasteiger partial charge in [-0.15, -0.1) is 0 Å². The molecular formula is C11H26N2. The van der Waals surface area contributed by atoms with Gasteiger partial charge in [0.2, 0.25) is 0 Å². The molecule has 3 N–H and O–H groups in total. The van der Waals surface area contributed by atoms with Crippen molar-refractivity contribution in [2.24, 2.45) is 5.73 Å². The van der Waals surface area contributed by atoms with Gasteiger partial charge in [-0.2, -0.15) is 0 Å². The smallest absolute Gasteiger partial charge is 0.0162 e. The molecule has 0 saturated carbocycles. The third-order valence-electron chi connectivity index (χ3n) is 2.39. The first-order chi connectivity index (χ1) is 6.31. The fourth-order valence-electron chi connectivity index (χ4n) is 1.29. The zero-order valence-corrected chi connectivity index (χ0v) is 9.31. The molecule has 0 aromatic rings. The van der Waals surface area contributed by atoms with Gasteiger partial charge in [0.15, 0.2) is 0 Å². The van der Waals surface area contributed by atoms with Crippen LogP contribution in [0, 0.1) is 0 Å². The maximum atomic E-state index is 5.77. The number of nitrogens with two attached hydrogens (primary N) is 1. The summed E-state index contributed by atoms with van der Waals surface area (Å²) in [6.07, 6.45) is 7.84. The Kier molecular flexibility index (Phi) is 9.94. The van der Waals surface area contributed by atoms with Gasteiger partial charge in [0, 0.05) is 12.6 Å². The molecule has 0 amide bonds. The molecule has 0 radical (unpaired) electrons. The van der Waals surface area contributed by atoms with E-state index < -0.39 is 0 Å². The highest BCUT2D eigenvalue weighted by atomic mass is 14.9. The zero-order valence-electron chi connectivity index (χ0n) is 9.31. The summed E-state index contributed by atoms with van der Waals surface area (Å²) in [5, 5.41) is 3.39. The van der Waals surface area contributed by atoms with Crippen molar-refractivity contribution in [3.05, 3.63) is 0 Å². The van der Waals surface area contributed by atoms with Crippen molar-refractivity contribution < 1.29 is 0 Å². The van der Waals surface area contributed by atoms with E-state index in [9.17, 15) is 0 Å². The number of unbranched alkanes of at least 4 members (excludes halogenated alkanes) is 4. The lowest BCUT2D eigenvalue weighted by Crippen LogP contribution is -2.33. The lowest BCUT2D eigenvalue weighted by molar-refractivity contribution is 0.534. The third-order valence-corrected chi connectivity index (χ3v) is 2.39. The second kappa shape index (κ2) is 10.0. The Balaban J connectivity index is 2.91. The minimum absolute atomic E-state index is 0.343. The molecule has 0 aliphatic carbocycles. The van der Waals surface area contributed by atoms with E-state index in [1.165, 1.54) is 32.1 Å². The molecular weight excluding hydrogens is 160 g/mol. The Bertz CT molecular complexity index is 94.1. The summed E-state index contributed by atoms with van der Waals surface area (Å²) in [4.78, 5) is 0. The van der Waals surface area contributed by atoms with Crippen LogP contribution in [0.2, 0.25) is 0 Å². The fraction of sp³-hybridized carbons (Fsp3) is 1.00. The Labute approximate surface area is 83.3 Å². The van der Waals surface area contributed by atoms with Crippen LogP contribution in [0.25, 0.3) is 0 Å². The van der Waals surface area contributed by atoms with E-state index in [1.54, 1.807) is 0 Å². The Hall–Kier alpha value is -0.0800. The number of rotatable bonds is 9. The summed E-state index contributed by atoms with van der Waals surface area (Å²) in [6, 6.07) is 0.343. The summed E-state index contributed by atoms with van der Waals surface area (Å²) < 4.78 is 0. The van der Waals surface area contributed by atoms with Crippen molar-refractivity contribution in [3.63, 3.8) is 0 Å². The van der Waals surface area contributed by atoms with Crippen molar-refractivity contribution in [2.75, 3.05) is 13.1 Å². The van der Waals surface area contributed by atoms with Gasteiger partial charge < -0.3 is 11.1 Å². The average Bonchev–Trinajstić information content (AvgIpc) is 2.16. The van der Waals surface area contributed by atoms with Crippen LogP contribution in [-0.2, 0) is 0 Å². The summed E-state index contributed by atoms with van der Waals surface area (Å²) in [5.41, 5.74) is 5.77. The van der Waals surface area contributed by atoms with Gasteiger partial charge in [0.1, 0.15) is 0 Å². The summed E-state index contributed by atoms with van der Waals surface area (Å²) in [5.74, 6) is 0. The largest absolute Gasteiger partial charge is 0.327 e.